The van der Waals surface area contributed by atoms with Gasteiger partial charge in [0.15, 0.2) is 6.54 Å². The standard InChI is InChI=1S/C16H16BrClN2O/c1-20(10-12-5-7-13(17)8-6-12)11-16(21)19-15-4-2-3-14(18)9-15/h2-9H,10-11H2,1H3,(H,19,21)/p+1. The average molecular weight is 369 g/mol. The van der Waals surface area contributed by atoms with Crippen LogP contribution in [-0.2, 0) is 11.3 Å². The van der Waals surface area contributed by atoms with Crippen LogP contribution >= 0.6 is 27.5 Å². The van der Waals surface area contributed by atoms with Gasteiger partial charge in [-0.05, 0) is 30.3 Å². The summed E-state index contributed by atoms with van der Waals surface area (Å²) in [5, 5.41) is 3.47. The zero-order valence-corrected chi connectivity index (χ0v) is 14.0. The number of quaternary nitrogens is 1. The lowest BCUT2D eigenvalue weighted by molar-refractivity contribution is -0.885. The molecule has 2 rings (SSSR count). The molecule has 2 N–H and O–H groups in total. The third-order valence-electron chi connectivity index (χ3n) is 2.99. The van der Waals surface area contributed by atoms with Crippen LogP contribution in [0.3, 0.4) is 0 Å². The third-order valence-corrected chi connectivity index (χ3v) is 3.75. The number of carbonyl (C=O) groups is 1. The predicted molar refractivity (Wildman–Crippen MR) is 89.7 cm³/mol. The minimum atomic E-state index is -0.0214. The molecule has 0 bridgehead atoms. The highest BCUT2D eigenvalue weighted by Crippen LogP contribution is 2.14. The van der Waals surface area contributed by atoms with Gasteiger partial charge in [0, 0.05) is 20.7 Å². The van der Waals surface area contributed by atoms with Gasteiger partial charge in [0.25, 0.3) is 5.91 Å². The molecule has 110 valence electrons. The zero-order valence-electron chi connectivity index (χ0n) is 11.7. The van der Waals surface area contributed by atoms with Crippen molar-refractivity contribution in [3.63, 3.8) is 0 Å². The fourth-order valence-electron chi connectivity index (χ4n) is 2.06. The summed E-state index contributed by atoms with van der Waals surface area (Å²) in [6.07, 6.45) is 0. The smallest absolute Gasteiger partial charge is 0.279 e. The number of halogens is 2. The summed E-state index contributed by atoms with van der Waals surface area (Å²) < 4.78 is 1.06. The van der Waals surface area contributed by atoms with E-state index in [1.807, 2.05) is 31.3 Å². The lowest BCUT2D eigenvalue weighted by atomic mass is 10.2. The summed E-state index contributed by atoms with van der Waals surface area (Å²) in [7, 11) is 2.00. The maximum Gasteiger partial charge on any atom is 0.279 e. The summed E-state index contributed by atoms with van der Waals surface area (Å²) in [6, 6.07) is 15.3. The Labute approximate surface area is 138 Å². The lowest BCUT2D eigenvalue weighted by Crippen LogP contribution is -3.08. The normalized spacial score (nSPS) is 12.0. The highest BCUT2D eigenvalue weighted by atomic mass is 79.9. The Kier molecular flexibility index (Phi) is 5.79. The van der Waals surface area contributed by atoms with Gasteiger partial charge in [0.1, 0.15) is 6.54 Å². The molecule has 2 aromatic rings. The molecule has 0 aliphatic heterocycles. The van der Waals surface area contributed by atoms with Gasteiger partial charge in [-0.1, -0.05) is 45.7 Å². The Balaban J connectivity index is 1.86. The first kappa shape index (κ1) is 16.0. The van der Waals surface area contributed by atoms with Crippen LogP contribution in [0.25, 0.3) is 0 Å². The summed E-state index contributed by atoms with van der Waals surface area (Å²) >= 11 is 9.31. The average Bonchev–Trinajstić information content (AvgIpc) is 2.41. The Morgan fingerprint density at radius 1 is 1.24 bits per heavy atom. The maximum absolute atomic E-state index is 12.0. The van der Waals surface area contributed by atoms with Crippen LogP contribution in [0.1, 0.15) is 5.56 Å². The van der Waals surface area contributed by atoms with Crippen LogP contribution < -0.4 is 10.2 Å². The molecule has 0 aliphatic rings. The SMILES string of the molecule is C[NH+](CC(=O)Nc1cccc(Cl)c1)Cc1ccc(Br)cc1. The van der Waals surface area contributed by atoms with Gasteiger partial charge in [0.2, 0.25) is 0 Å². The minimum Gasteiger partial charge on any atom is -0.326 e. The molecule has 0 fully saturated rings. The van der Waals surface area contributed by atoms with Crippen molar-refractivity contribution in [2.24, 2.45) is 0 Å². The minimum absolute atomic E-state index is 0.0214. The number of carbonyl (C=O) groups excluding carboxylic acids is 1. The second-order valence-electron chi connectivity index (χ2n) is 5.00. The predicted octanol–water partition coefficient (Wildman–Crippen LogP) is 2.76. The van der Waals surface area contributed by atoms with Gasteiger partial charge in [-0.15, -0.1) is 0 Å². The highest BCUT2D eigenvalue weighted by Gasteiger charge is 2.11. The first-order chi connectivity index (χ1) is 10.0. The van der Waals surface area contributed by atoms with Crippen LogP contribution in [0.5, 0.6) is 0 Å². The Morgan fingerprint density at radius 2 is 1.95 bits per heavy atom. The number of hydrogen-bond donors (Lipinski definition) is 2. The van der Waals surface area contributed by atoms with Gasteiger partial charge < -0.3 is 10.2 Å². The van der Waals surface area contributed by atoms with Crippen LogP contribution in [0.4, 0.5) is 5.69 Å². The van der Waals surface area contributed by atoms with E-state index < -0.39 is 0 Å². The van der Waals surface area contributed by atoms with Crippen molar-refractivity contribution in [1.82, 2.24) is 0 Å². The number of amides is 1. The number of nitrogens with one attached hydrogen (secondary N) is 2. The molecule has 0 saturated carbocycles. The first-order valence-electron chi connectivity index (χ1n) is 6.64. The fraction of sp³-hybridized carbons (Fsp3) is 0.188. The second-order valence-corrected chi connectivity index (χ2v) is 6.35. The van der Waals surface area contributed by atoms with Crippen LogP contribution in [-0.4, -0.2) is 19.5 Å². The van der Waals surface area contributed by atoms with Gasteiger partial charge >= 0.3 is 0 Å². The zero-order chi connectivity index (χ0) is 15.2. The molecule has 3 nitrogen and oxygen atoms in total. The van der Waals surface area contributed by atoms with Crippen molar-refractivity contribution < 1.29 is 9.69 Å². The van der Waals surface area contributed by atoms with Gasteiger partial charge in [0.05, 0.1) is 7.05 Å². The summed E-state index contributed by atoms with van der Waals surface area (Å²) in [4.78, 5) is 13.1. The van der Waals surface area contributed by atoms with E-state index in [0.717, 1.165) is 21.6 Å². The van der Waals surface area contributed by atoms with E-state index in [0.29, 0.717) is 11.6 Å². The van der Waals surface area contributed by atoms with Crippen molar-refractivity contribution in [3.8, 4) is 0 Å². The van der Waals surface area contributed by atoms with Crippen LogP contribution in [0.2, 0.25) is 5.02 Å². The van der Waals surface area contributed by atoms with E-state index in [1.54, 1.807) is 12.1 Å². The molecule has 0 spiro atoms. The molecule has 5 heteroatoms. The molecule has 1 unspecified atom stereocenters. The lowest BCUT2D eigenvalue weighted by Gasteiger charge is -2.14. The van der Waals surface area contributed by atoms with E-state index in [1.165, 1.54) is 5.56 Å². The topological polar surface area (TPSA) is 33.5 Å². The van der Waals surface area contributed by atoms with Crippen molar-refractivity contribution in [1.29, 1.82) is 0 Å². The van der Waals surface area contributed by atoms with Crippen molar-refractivity contribution in [2.75, 3.05) is 18.9 Å². The van der Waals surface area contributed by atoms with Crippen LogP contribution in [0.15, 0.2) is 53.0 Å². The molecule has 0 aliphatic carbocycles. The van der Waals surface area contributed by atoms with Crippen molar-refractivity contribution in [2.45, 2.75) is 6.54 Å². The van der Waals surface area contributed by atoms with Crippen molar-refractivity contribution >= 4 is 39.1 Å². The molecule has 0 aromatic heterocycles. The van der Waals surface area contributed by atoms with E-state index >= 15 is 0 Å². The van der Waals surface area contributed by atoms with Gasteiger partial charge in [-0.3, -0.25) is 4.79 Å². The molecule has 0 saturated heterocycles. The molecular formula is C16H17BrClN2O+. The maximum atomic E-state index is 12.0. The van der Waals surface area contributed by atoms with Crippen molar-refractivity contribution in [3.05, 3.63) is 63.6 Å². The van der Waals surface area contributed by atoms with E-state index in [-0.39, 0.29) is 5.91 Å². The summed E-state index contributed by atoms with van der Waals surface area (Å²) in [5.41, 5.74) is 1.93. The summed E-state index contributed by atoms with van der Waals surface area (Å²) in [6.45, 7) is 1.21. The van der Waals surface area contributed by atoms with Gasteiger partial charge in [-0.25, -0.2) is 0 Å². The molecular weight excluding hydrogens is 352 g/mol. The monoisotopic (exact) mass is 367 g/mol. The summed E-state index contributed by atoms with van der Waals surface area (Å²) in [5.74, 6) is -0.0214. The second kappa shape index (κ2) is 7.59. The number of anilines is 1. The third kappa shape index (κ3) is 5.50. The molecule has 1 amide bonds. The molecule has 1 atom stereocenters. The molecule has 0 radical (unpaired) electrons. The Morgan fingerprint density at radius 3 is 2.62 bits per heavy atom. The first-order valence-corrected chi connectivity index (χ1v) is 7.81. The fourth-order valence-corrected chi connectivity index (χ4v) is 2.51. The number of rotatable bonds is 5. The van der Waals surface area contributed by atoms with Gasteiger partial charge in [-0.2, -0.15) is 0 Å². The highest BCUT2D eigenvalue weighted by molar-refractivity contribution is 9.10. The van der Waals surface area contributed by atoms with E-state index in [9.17, 15) is 4.79 Å². The van der Waals surface area contributed by atoms with E-state index in [4.69, 9.17) is 11.6 Å². The number of likely N-dealkylation sites (N-methyl/N-ethyl adjacent to an activating group) is 1. The Bertz CT molecular complexity index is 616. The molecule has 2 aromatic carbocycles. The van der Waals surface area contributed by atoms with Crippen LogP contribution in [0, 0.1) is 0 Å². The number of benzene rings is 2. The Hall–Kier alpha value is -1.36. The quantitative estimate of drug-likeness (QED) is 0.836. The molecule has 0 heterocycles. The van der Waals surface area contributed by atoms with E-state index in [2.05, 4.69) is 33.4 Å². The largest absolute Gasteiger partial charge is 0.326 e. The molecule has 21 heavy (non-hydrogen) atoms. The number of hydrogen-bond acceptors (Lipinski definition) is 1.